The van der Waals surface area contributed by atoms with Crippen molar-refractivity contribution < 1.29 is 14.3 Å². The molecule has 0 spiro atoms. The molecular formula is C16H16N6O4. The summed E-state index contributed by atoms with van der Waals surface area (Å²) in [7, 11) is 1.57. The minimum Gasteiger partial charge on any atom is -0.497 e. The molecule has 134 valence electrons. The van der Waals surface area contributed by atoms with Gasteiger partial charge in [0.15, 0.2) is 11.5 Å². The number of carbonyl (C=O) groups excluding carboxylic acids is 1. The SMILES string of the molecule is CCOC(=O)/N=C(/N)c1[nH]c(=O)nc2c1ncn2-c1ccc(OC)cc1. The molecule has 0 saturated carbocycles. The number of rotatable bonds is 4. The van der Waals surface area contributed by atoms with Gasteiger partial charge in [-0.3, -0.25) is 4.57 Å². The maximum Gasteiger partial charge on any atom is 0.435 e. The second-order valence-electron chi connectivity index (χ2n) is 5.10. The molecule has 2 heterocycles. The van der Waals surface area contributed by atoms with Gasteiger partial charge in [0.25, 0.3) is 0 Å². The number of nitrogens with zero attached hydrogens (tertiary/aromatic N) is 4. The second-order valence-corrected chi connectivity index (χ2v) is 5.10. The first-order chi connectivity index (χ1) is 12.5. The van der Waals surface area contributed by atoms with E-state index < -0.39 is 11.8 Å². The first-order valence-corrected chi connectivity index (χ1v) is 7.66. The van der Waals surface area contributed by atoms with Crippen LogP contribution in [0, 0.1) is 0 Å². The zero-order chi connectivity index (χ0) is 18.7. The van der Waals surface area contributed by atoms with Crippen LogP contribution in [0.25, 0.3) is 16.9 Å². The lowest BCUT2D eigenvalue weighted by atomic mass is 10.3. The van der Waals surface area contributed by atoms with Crippen LogP contribution in [0.2, 0.25) is 0 Å². The van der Waals surface area contributed by atoms with Crippen molar-refractivity contribution in [1.82, 2.24) is 19.5 Å². The number of amides is 1. The molecule has 0 bridgehead atoms. The van der Waals surface area contributed by atoms with E-state index in [0.29, 0.717) is 11.3 Å². The second kappa shape index (κ2) is 7.05. The molecular weight excluding hydrogens is 340 g/mol. The number of aliphatic imine (C=N–C) groups is 1. The largest absolute Gasteiger partial charge is 0.497 e. The van der Waals surface area contributed by atoms with E-state index in [0.717, 1.165) is 5.69 Å². The minimum absolute atomic E-state index is 0.0975. The summed E-state index contributed by atoms with van der Waals surface area (Å²) in [6.45, 7) is 1.80. The van der Waals surface area contributed by atoms with Crippen molar-refractivity contribution >= 4 is 23.1 Å². The van der Waals surface area contributed by atoms with Crippen LogP contribution >= 0.6 is 0 Å². The minimum atomic E-state index is -0.856. The number of aromatic amines is 1. The summed E-state index contributed by atoms with van der Waals surface area (Å²) in [5.41, 5.74) is 6.57. The number of imidazole rings is 1. The van der Waals surface area contributed by atoms with E-state index in [9.17, 15) is 9.59 Å². The van der Waals surface area contributed by atoms with E-state index in [1.54, 1.807) is 42.9 Å². The quantitative estimate of drug-likeness (QED) is 0.525. The Kier molecular flexibility index (Phi) is 4.65. The van der Waals surface area contributed by atoms with E-state index >= 15 is 0 Å². The van der Waals surface area contributed by atoms with Gasteiger partial charge in [-0.1, -0.05) is 0 Å². The van der Waals surface area contributed by atoms with Gasteiger partial charge in [0, 0.05) is 5.69 Å². The number of H-pyrrole nitrogens is 1. The van der Waals surface area contributed by atoms with Crippen molar-refractivity contribution in [3.63, 3.8) is 0 Å². The molecule has 26 heavy (non-hydrogen) atoms. The summed E-state index contributed by atoms with van der Waals surface area (Å²) in [5.74, 6) is 0.475. The average Bonchev–Trinajstić information content (AvgIpc) is 3.04. The summed E-state index contributed by atoms with van der Waals surface area (Å²) in [4.78, 5) is 37.7. The molecule has 2 aromatic heterocycles. The molecule has 3 N–H and O–H groups in total. The van der Waals surface area contributed by atoms with Gasteiger partial charge in [0.2, 0.25) is 0 Å². The normalized spacial score (nSPS) is 11.5. The topological polar surface area (TPSA) is 137 Å². The molecule has 0 saturated heterocycles. The molecule has 0 aliphatic heterocycles. The van der Waals surface area contributed by atoms with Crippen molar-refractivity contribution in [1.29, 1.82) is 0 Å². The zero-order valence-electron chi connectivity index (χ0n) is 14.1. The predicted molar refractivity (Wildman–Crippen MR) is 93.8 cm³/mol. The molecule has 0 aliphatic rings. The molecule has 3 rings (SSSR count). The number of methoxy groups -OCH3 is 1. The van der Waals surface area contributed by atoms with Crippen molar-refractivity contribution in [2.45, 2.75) is 6.92 Å². The number of benzene rings is 1. The standard InChI is InChI=1S/C16H16N6O4/c1-3-26-16(24)20-13(17)11-12-14(21-15(23)19-11)22(8-18-12)9-4-6-10(25-2)7-5-9/h4-8H,3H2,1-2H3,(H2,17,20,24)(H,19,21,23). The van der Waals surface area contributed by atoms with Gasteiger partial charge in [-0.05, 0) is 31.2 Å². The molecule has 0 radical (unpaired) electrons. The molecule has 3 aromatic rings. The Balaban J connectivity index is 2.12. The third kappa shape index (κ3) is 3.24. The Labute approximate surface area is 147 Å². The molecule has 0 fully saturated rings. The Hall–Kier alpha value is -3.69. The van der Waals surface area contributed by atoms with Crippen molar-refractivity contribution in [2.75, 3.05) is 13.7 Å². The summed E-state index contributed by atoms with van der Waals surface area (Å²) in [6.07, 6.45) is 0.638. The number of nitrogens with two attached hydrogens (primary N) is 1. The Morgan fingerprint density at radius 3 is 2.73 bits per heavy atom. The van der Waals surface area contributed by atoms with Gasteiger partial charge in [-0.15, -0.1) is 0 Å². The van der Waals surface area contributed by atoms with Crippen LogP contribution in [-0.4, -0.2) is 45.2 Å². The average molecular weight is 356 g/mol. The van der Waals surface area contributed by atoms with Crippen LogP contribution in [0.5, 0.6) is 5.75 Å². The third-order valence-corrected chi connectivity index (χ3v) is 3.50. The summed E-state index contributed by atoms with van der Waals surface area (Å²) in [6, 6.07) is 7.12. The van der Waals surface area contributed by atoms with Gasteiger partial charge >= 0.3 is 11.8 Å². The Morgan fingerprint density at radius 1 is 1.35 bits per heavy atom. The van der Waals surface area contributed by atoms with Crippen molar-refractivity contribution in [3.05, 3.63) is 46.8 Å². The predicted octanol–water partition coefficient (Wildman–Crippen LogP) is 0.979. The number of hydrogen-bond acceptors (Lipinski definition) is 6. The van der Waals surface area contributed by atoms with Crippen LogP contribution in [0.15, 0.2) is 40.4 Å². The van der Waals surface area contributed by atoms with Gasteiger partial charge in [-0.2, -0.15) is 9.98 Å². The van der Waals surface area contributed by atoms with E-state index in [1.807, 2.05) is 0 Å². The zero-order valence-corrected chi connectivity index (χ0v) is 14.1. The number of carbonyl (C=O) groups is 1. The molecule has 1 amide bonds. The highest BCUT2D eigenvalue weighted by atomic mass is 16.5. The molecule has 1 aromatic carbocycles. The lowest BCUT2D eigenvalue weighted by molar-refractivity contribution is 0.163. The van der Waals surface area contributed by atoms with Crippen LogP contribution < -0.4 is 16.2 Å². The number of ether oxygens (including phenoxy) is 2. The van der Waals surface area contributed by atoms with Crippen LogP contribution in [0.1, 0.15) is 12.6 Å². The molecule has 10 heteroatoms. The first kappa shape index (κ1) is 17.1. The molecule has 0 atom stereocenters. The highest BCUT2D eigenvalue weighted by Gasteiger charge is 2.16. The van der Waals surface area contributed by atoms with E-state index in [4.69, 9.17) is 15.2 Å². The van der Waals surface area contributed by atoms with E-state index in [2.05, 4.69) is 19.9 Å². The van der Waals surface area contributed by atoms with Crippen molar-refractivity contribution in [2.24, 2.45) is 10.7 Å². The first-order valence-electron chi connectivity index (χ1n) is 7.66. The maximum absolute atomic E-state index is 11.9. The maximum atomic E-state index is 11.9. The van der Waals surface area contributed by atoms with Gasteiger partial charge < -0.3 is 20.2 Å². The fourth-order valence-corrected chi connectivity index (χ4v) is 2.34. The monoisotopic (exact) mass is 356 g/mol. The summed E-state index contributed by atoms with van der Waals surface area (Å²) >= 11 is 0. The lowest BCUT2D eigenvalue weighted by Crippen LogP contribution is -2.24. The Bertz CT molecular complexity index is 1040. The van der Waals surface area contributed by atoms with Crippen molar-refractivity contribution in [3.8, 4) is 11.4 Å². The number of hydrogen-bond donors (Lipinski definition) is 2. The van der Waals surface area contributed by atoms with Crippen LogP contribution in [-0.2, 0) is 4.74 Å². The lowest BCUT2D eigenvalue weighted by Gasteiger charge is -2.06. The smallest absolute Gasteiger partial charge is 0.435 e. The number of aromatic nitrogens is 4. The summed E-state index contributed by atoms with van der Waals surface area (Å²) < 4.78 is 11.5. The van der Waals surface area contributed by atoms with E-state index in [1.165, 1.54) is 6.33 Å². The highest BCUT2D eigenvalue weighted by Crippen LogP contribution is 2.19. The fourth-order valence-electron chi connectivity index (χ4n) is 2.34. The van der Waals surface area contributed by atoms with Gasteiger partial charge in [0.1, 0.15) is 23.3 Å². The van der Waals surface area contributed by atoms with Gasteiger partial charge in [0.05, 0.1) is 13.7 Å². The van der Waals surface area contributed by atoms with Crippen LogP contribution in [0.3, 0.4) is 0 Å². The van der Waals surface area contributed by atoms with Crippen LogP contribution in [0.4, 0.5) is 4.79 Å². The van der Waals surface area contributed by atoms with E-state index in [-0.39, 0.29) is 23.8 Å². The van der Waals surface area contributed by atoms with Gasteiger partial charge in [-0.25, -0.2) is 14.6 Å². The molecule has 0 aliphatic carbocycles. The highest BCUT2D eigenvalue weighted by molar-refractivity contribution is 6.08. The molecule has 0 unspecified atom stereocenters. The third-order valence-electron chi connectivity index (χ3n) is 3.50. The number of nitrogens with one attached hydrogen (secondary N) is 1. The molecule has 10 nitrogen and oxygen atoms in total. The Morgan fingerprint density at radius 2 is 2.08 bits per heavy atom. The number of fused-ring (bicyclic) bond motifs is 1. The summed E-state index contributed by atoms with van der Waals surface area (Å²) in [5, 5.41) is 0. The number of amidine groups is 1. The fraction of sp³-hybridized carbons (Fsp3) is 0.188.